The van der Waals surface area contributed by atoms with Crippen LogP contribution in [0.15, 0.2) is 64.5 Å². The summed E-state index contributed by atoms with van der Waals surface area (Å²) in [5.41, 5.74) is 6.19. The fourth-order valence-corrected chi connectivity index (χ4v) is 4.16. The SMILES string of the molecule is COc1ccc(-n2c(C)ccc2/C=C2\SC(=Nc3cccc(C)c3C)NC2=O)cc1. The van der Waals surface area contributed by atoms with Crippen molar-refractivity contribution in [3.8, 4) is 11.4 Å². The van der Waals surface area contributed by atoms with Crippen molar-refractivity contribution in [2.24, 2.45) is 4.99 Å². The number of nitrogens with zero attached hydrogens (tertiary/aromatic N) is 2. The van der Waals surface area contributed by atoms with Gasteiger partial charge in [-0.2, -0.15) is 0 Å². The molecule has 3 aromatic rings. The van der Waals surface area contributed by atoms with Gasteiger partial charge in [0.2, 0.25) is 0 Å². The smallest absolute Gasteiger partial charge is 0.264 e. The van der Waals surface area contributed by atoms with Crippen LogP contribution in [0, 0.1) is 20.8 Å². The molecule has 0 saturated carbocycles. The van der Waals surface area contributed by atoms with E-state index in [9.17, 15) is 4.79 Å². The highest BCUT2D eigenvalue weighted by Gasteiger charge is 2.24. The molecule has 0 unspecified atom stereocenters. The first-order chi connectivity index (χ1) is 14.5. The lowest BCUT2D eigenvalue weighted by Crippen LogP contribution is -2.19. The van der Waals surface area contributed by atoms with E-state index in [4.69, 9.17) is 4.74 Å². The molecule has 4 rings (SSSR count). The molecule has 2 aromatic carbocycles. The molecule has 1 fully saturated rings. The quantitative estimate of drug-likeness (QED) is 0.586. The summed E-state index contributed by atoms with van der Waals surface area (Å²) in [7, 11) is 1.65. The van der Waals surface area contributed by atoms with Gasteiger partial charge in [0.1, 0.15) is 5.75 Å². The van der Waals surface area contributed by atoms with Gasteiger partial charge in [0.15, 0.2) is 5.17 Å². The van der Waals surface area contributed by atoms with Crippen LogP contribution < -0.4 is 10.1 Å². The average Bonchev–Trinajstić information content (AvgIpc) is 3.27. The van der Waals surface area contributed by atoms with Gasteiger partial charge in [-0.15, -0.1) is 0 Å². The van der Waals surface area contributed by atoms with E-state index in [1.807, 2.05) is 68.5 Å². The third-order valence-electron chi connectivity index (χ3n) is 5.16. The number of aromatic nitrogens is 1. The van der Waals surface area contributed by atoms with E-state index in [1.54, 1.807) is 7.11 Å². The van der Waals surface area contributed by atoms with Crippen LogP contribution in [-0.4, -0.2) is 22.8 Å². The third-order valence-corrected chi connectivity index (χ3v) is 6.07. The lowest BCUT2D eigenvalue weighted by atomic mass is 10.1. The van der Waals surface area contributed by atoms with Crippen molar-refractivity contribution in [3.63, 3.8) is 0 Å². The molecule has 0 radical (unpaired) electrons. The Balaban J connectivity index is 1.65. The molecule has 0 aliphatic carbocycles. The van der Waals surface area contributed by atoms with E-state index >= 15 is 0 Å². The fourth-order valence-electron chi connectivity index (χ4n) is 3.34. The highest BCUT2D eigenvalue weighted by molar-refractivity contribution is 8.18. The molecule has 6 heteroatoms. The van der Waals surface area contributed by atoms with E-state index in [0.29, 0.717) is 10.1 Å². The average molecular weight is 418 g/mol. The zero-order chi connectivity index (χ0) is 21.3. The summed E-state index contributed by atoms with van der Waals surface area (Å²) in [4.78, 5) is 17.8. The Hall–Kier alpha value is -3.25. The predicted octanol–water partition coefficient (Wildman–Crippen LogP) is 5.30. The number of amidine groups is 1. The summed E-state index contributed by atoms with van der Waals surface area (Å²) >= 11 is 1.36. The number of amides is 1. The second-order valence-electron chi connectivity index (χ2n) is 7.13. The molecule has 1 aromatic heterocycles. The monoisotopic (exact) mass is 417 g/mol. The van der Waals surface area contributed by atoms with E-state index in [-0.39, 0.29) is 5.91 Å². The van der Waals surface area contributed by atoms with Crippen LogP contribution in [0.5, 0.6) is 5.75 Å². The molecule has 0 atom stereocenters. The Kier molecular flexibility index (Phi) is 5.50. The molecule has 0 bridgehead atoms. The summed E-state index contributed by atoms with van der Waals surface area (Å²) < 4.78 is 7.37. The number of ether oxygens (including phenoxy) is 1. The van der Waals surface area contributed by atoms with Gasteiger partial charge in [-0.3, -0.25) is 4.79 Å². The molecule has 2 heterocycles. The Morgan fingerprint density at radius 2 is 1.80 bits per heavy atom. The van der Waals surface area contributed by atoms with E-state index in [1.165, 1.54) is 17.3 Å². The van der Waals surface area contributed by atoms with Crippen molar-refractivity contribution in [2.75, 3.05) is 7.11 Å². The summed E-state index contributed by atoms with van der Waals surface area (Å²) in [6.45, 7) is 6.14. The van der Waals surface area contributed by atoms with Gasteiger partial charge < -0.3 is 14.6 Å². The van der Waals surface area contributed by atoms with Crippen LogP contribution >= 0.6 is 11.8 Å². The number of hydrogen-bond donors (Lipinski definition) is 1. The van der Waals surface area contributed by atoms with Crippen molar-refractivity contribution in [2.45, 2.75) is 20.8 Å². The Morgan fingerprint density at radius 3 is 2.53 bits per heavy atom. The number of methoxy groups -OCH3 is 1. The molecule has 30 heavy (non-hydrogen) atoms. The van der Waals surface area contributed by atoms with E-state index < -0.39 is 0 Å². The minimum Gasteiger partial charge on any atom is -0.497 e. The molecule has 1 amide bonds. The predicted molar refractivity (Wildman–Crippen MR) is 124 cm³/mol. The van der Waals surface area contributed by atoms with Crippen molar-refractivity contribution in [3.05, 3.63) is 82.0 Å². The minimum atomic E-state index is -0.135. The molecule has 1 aliphatic heterocycles. The first-order valence-electron chi connectivity index (χ1n) is 9.65. The fraction of sp³-hybridized carbons (Fsp3) is 0.167. The second kappa shape index (κ2) is 8.24. The summed E-state index contributed by atoms with van der Waals surface area (Å²) in [5.74, 6) is 0.672. The number of rotatable bonds is 4. The lowest BCUT2D eigenvalue weighted by molar-refractivity contribution is -0.115. The zero-order valence-corrected chi connectivity index (χ0v) is 18.2. The van der Waals surface area contributed by atoms with Gasteiger partial charge in [0.25, 0.3) is 5.91 Å². The van der Waals surface area contributed by atoms with Gasteiger partial charge in [-0.25, -0.2) is 4.99 Å². The summed E-state index contributed by atoms with van der Waals surface area (Å²) in [6.07, 6.45) is 1.91. The number of thioether (sulfide) groups is 1. The number of benzene rings is 2. The molecule has 1 aliphatic rings. The number of carbonyl (C=O) groups is 1. The minimum absolute atomic E-state index is 0.135. The third kappa shape index (κ3) is 3.91. The standard InChI is InChI=1S/C24H23N3O2S/c1-15-6-5-7-21(17(15)3)25-24-26-23(28)22(30-24)14-19-9-8-16(2)27(19)18-10-12-20(29-4)13-11-18/h5-14H,1-4H3,(H,25,26,28)/b22-14-. The molecule has 5 nitrogen and oxygen atoms in total. The van der Waals surface area contributed by atoms with Crippen LogP contribution in [0.1, 0.15) is 22.5 Å². The topological polar surface area (TPSA) is 55.6 Å². The zero-order valence-electron chi connectivity index (χ0n) is 17.4. The van der Waals surface area contributed by atoms with Gasteiger partial charge in [-0.05, 0) is 92.2 Å². The molecular formula is C24H23N3O2S. The number of nitrogens with one attached hydrogen (secondary N) is 1. The van der Waals surface area contributed by atoms with Crippen molar-refractivity contribution in [1.29, 1.82) is 0 Å². The maximum atomic E-state index is 12.6. The van der Waals surface area contributed by atoms with Crippen molar-refractivity contribution < 1.29 is 9.53 Å². The lowest BCUT2D eigenvalue weighted by Gasteiger charge is -2.10. The van der Waals surface area contributed by atoms with Crippen LogP contribution in [0.25, 0.3) is 11.8 Å². The largest absolute Gasteiger partial charge is 0.497 e. The first-order valence-corrected chi connectivity index (χ1v) is 10.5. The molecule has 1 N–H and O–H groups in total. The van der Waals surface area contributed by atoms with Crippen LogP contribution in [0.3, 0.4) is 0 Å². The maximum absolute atomic E-state index is 12.6. The van der Waals surface area contributed by atoms with E-state index in [2.05, 4.69) is 27.9 Å². The van der Waals surface area contributed by atoms with Crippen LogP contribution in [-0.2, 0) is 4.79 Å². The Labute approximate surface area is 180 Å². The normalized spacial score (nSPS) is 16.3. The summed E-state index contributed by atoms with van der Waals surface area (Å²) in [6, 6.07) is 17.9. The molecule has 152 valence electrons. The Bertz CT molecular complexity index is 1170. The summed E-state index contributed by atoms with van der Waals surface area (Å²) in [5, 5.41) is 3.48. The van der Waals surface area contributed by atoms with Gasteiger partial charge in [0.05, 0.1) is 17.7 Å². The second-order valence-corrected chi connectivity index (χ2v) is 8.16. The Morgan fingerprint density at radius 1 is 1.03 bits per heavy atom. The van der Waals surface area contributed by atoms with Crippen molar-refractivity contribution >= 4 is 34.6 Å². The molecule has 0 spiro atoms. The highest BCUT2D eigenvalue weighted by atomic mass is 32.2. The number of hydrogen-bond acceptors (Lipinski definition) is 4. The molecular weight excluding hydrogens is 394 g/mol. The number of aliphatic imine (C=N–C) groups is 1. The van der Waals surface area contributed by atoms with Gasteiger partial charge >= 0.3 is 0 Å². The number of carbonyl (C=O) groups excluding carboxylic acids is 1. The first kappa shape index (κ1) is 20.0. The van der Waals surface area contributed by atoms with Crippen molar-refractivity contribution in [1.82, 2.24) is 9.88 Å². The highest BCUT2D eigenvalue weighted by Crippen LogP contribution is 2.31. The molecule has 1 saturated heterocycles. The van der Waals surface area contributed by atoms with Gasteiger partial charge in [-0.1, -0.05) is 12.1 Å². The van der Waals surface area contributed by atoms with E-state index in [0.717, 1.165) is 34.1 Å². The van der Waals surface area contributed by atoms with Crippen LogP contribution in [0.2, 0.25) is 0 Å². The van der Waals surface area contributed by atoms with Gasteiger partial charge in [0, 0.05) is 17.1 Å². The van der Waals surface area contributed by atoms with Crippen LogP contribution in [0.4, 0.5) is 5.69 Å². The maximum Gasteiger partial charge on any atom is 0.264 e. The number of aryl methyl sites for hydroxylation is 2.